The Morgan fingerprint density at radius 1 is 1.37 bits per heavy atom. The molecule has 0 spiro atoms. The minimum Gasteiger partial charge on any atom is -0.294 e. The van der Waals surface area contributed by atoms with Crippen LogP contribution in [0, 0.1) is 6.92 Å². The van der Waals surface area contributed by atoms with Crippen LogP contribution < -0.4 is 0 Å². The Labute approximate surface area is 129 Å². The van der Waals surface area contributed by atoms with Crippen molar-refractivity contribution in [2.75, 3.05) is 5.75 Å². The minimum atomic E-state index is 0.211. The van der Waals surface area contributed by atoms with Crippen LogP contribution in [0.5, 0.6) is 0 Å². The molecule has 0 amide bonds. The Hall–Kier alpha value is -0.650. The number of carbonyl (C=O) groups is 1. The molecule has 2 rings (SSSR count). The fourth-order valence-electron chi connectivity index (χ4n) is 1.57. The molecule has 5 heteroatoms. The minimum absolute atomic E-state index is 0.211. The highest BCUT2D eigenvalue weighted by Gasteiger charge is 2.06. The van der Waals surface area contributed by atoms with Gasteiger partial charge in [-0.05, 0) is 25.5 Å². The molecule has 0 saturated carbocycles. The molecule has 0 aliphatic carbocycles. The number of carbonyl (C=O) groups excluding carboxylic acids is 1. The van der Waals surface area contributed by atoms with Crippen molar-refractivity contribution in [3.05, 3.63) is 45.4 Å². The lowest BCUT2D eigenvalue weighted by Gasteiger charge is -2.01. The highest BCUT2D eigenvalue weighted by molar-refractivity contribution is 9.10. The zero-order chi connectivity index (χ0) is 13.7. The lowest BCUT2D eigenvalue weighted by molar-refractivity contribution is 0.0982. The molecule has 0 radical (unpaired) electrons. The Morgan fingerprint density at radius 2 is 2.11 bits per heavy atom. The van der Waals surface area contributed by atoms with Gasteiger partial charge in [-0.25, -0.2) is 4.98 Å². The standard InChI is InChI=1S/C14H14BrNOS2/c1-10-9-19-14(16-10)18-8-2-3-13(17)11-4-6-12(15)7-5-11/h4-7,9H,2-3,8H2,1H3. The molecule has 0 saturated heterocycles. The number of aromatic nitrogens is 1. The summed E-state index contributed by atoms with van der Waals surface area (Å²) < 4.78 is 2.09. The van der Waals surface area contributed by atoms with Crippen LogP contribution >= 0.6 is 39.0 Å². The van der Waals surface area contributed by atoms with Gasteiger partial charge in [0.1, 0.15) is 4.34 Å². The van der Waals surface area contributed by atoms with Crippen molar-refractivity contribution in [3.63, 3.8) is 0 Å². The monoisotopic (exact) mass is 355 g/mol. The number of nitrogens with zero attached hydrogens (tertiary/aromatic N) is 1. The SMILES string of the molecule is Cc1csc(SCCCC(=O)c2ccc(Br)cc2)n1. The summed E-state index contributed by atoms with van der Waals surface area (Å²) in [4.78, 5) is 16.3. The van der Waals surface area contributed by atoms with Gasteiger partial charge < -0.3 is 0 Å². The van der Waals surface area contributed by atoms with E-state index in [0.29, 0.717) is 6.42 Å². The molecule has 0 atom stereocenters. The molecular formula is C14H14BrNOS2. The summed E-state index contributed by atoms with van der Waals surface area (Å²) in [5.41, 5.74) is 1.86. The fraction of sp³-hybridized carbons (Fsp3) is 0.286. The summed E-state index contributed by atoms with van der Waals surface area (Å²) in [6.45, 7) is 2.00. The van der Waals surface area contributed by atoms with Gasteiger partial charge in [-0.15, -0.1) is 11.3 Å². The Bertz CT molecular complexity index is 551. The zero-order valence-corrected chi connectivity index (χ0v) is 13.8. The predicted octanol–water partition coefficient (Wildman–Crippen LogP) is 4.97. The quantitative estimate of drug-likeness (QED) is 0.416. The summed E-state index contributed by atoms with van der Waals surface area (Å²) in [6.07, 6.45) is 1.48. The first-order chi connectivity index (χ1) is 9.15. The first kappa shape index (κ1) is 14.8. The van der Waals surface area contributed by atoms with Crippen LogP contribution in [0.3, 0.4) is 0 Å². The predicted molar refractivity (Wildman–Crippen MR) is 85.3 cm³/mol. The molecule has 1 aromatic heterocycles. The van der Waals surface area contributed by atoms with Gasteiger partial charge in [-0.1, -0.05) is 39.8 Å². The number of Topliss-reactive ketones (excluding diaryl/α,β-unsaturated/α-hetero) is 1. The molecule has 1 heterocycles. The number of rotatable bonds is 6. The van der Waals surface area contributed by atoms with Gasteiger partial charge >= 0.3 is 0 Å². The maximum atomic E-state index is 11.9. The van der Waals surface area contributed by atoms with Gasteiger partial charge in [0, 0.05) is 33.3 Å². The van der Waals surface area contributed by atoms with Crippen LogP contribution in [-0.2, 0) is 0 Å². The Balaban J connectivity index is 1.73. The normalized spacial score (nSPS) is 10.6. The van der Waals surface area contributed by atoms with Gasteiger partial charge in [0.05, 0.1) is 0 Å². The summed E-state index contributed by atoms with van der Waals surface area (Å²) in [6, 6.07) is 7.54. The van der Waals surface area contributed by atoms with E-state index in [1.807, 2.05) is 31.2 Å². The molecule has 0 aliphatic rings. The van der Waals surface area contributed by atoms with E-state index in [1.165, 1.54) is 0 Å². The van der Waals surface area contributed by atoms with E-state index in [0.717, 1.165) is 32.2 Å². The Kier molecular flexibility index (Phi) is 5.60. The molecule has 100 valence electrons. The fourth-order valence-corrected chi connectivity index (χ4v) is 3.69. The topological polar surface area (TPSA) is 30.0 Å². The number of thiazole rings is 1. The number of thioether (sulfide) groups is 1. The van der Waals surface area contributed by atoms with Crippen LogP contribution in [0.4, 0.5) is 0 Å². The number of halogens is 1. The molecule has 0 N–H and O–H groups in total. The van der Waals surface area contributed by atoms with Crippen molar-refractivity contribution in [1.29, 1.82) is 0 Å². The van der Waals surface area contributed by atoms with Crippen molar-refractivity contribution >= 4 is 44.8 Å². The molecule has 19 heavy (non-hydrogen) atoms. The van der Waals surface area contributed by atoms with Gasteiger partial charge in [0.15, 0.2) is 5.78 Å². The van der Waals surface area contributed by atoms with E-state index in [2.05, 4.69) is 26.3 Å². The van der Waals surface area contributed by atoms with Crippen molar-refractivity contribution in [3.8, 4) is 0 Å². The van der Waals surface area contributed by atoms with Crippen molar-refractivity contribution in [1.82, 2.24) is 4.98 Å². The largest absolute Gasteiger partial charge is 0.294 e. The maximum absolute atomic E-state index is 11.9. The summed E-state index contributed by atoms with van der Waals surface area (Å²) in [7, 11) is 0. The van der Waals surface area contributed by atoms with E-state index < -0.39 is 0 Å². The molecular weight excluding hydrogens is 342 g/mol. The number of hydrogen-bond donors (Lipinski definition) is 0. The second kappa shape index (κ2) is 7.22. The maximum Gasteiger partial charge on any atom is 0.162 e. The Morgan fingerprint density at radius 3 is 2.74 bits per heavy atom. The number of hydrogen-bond acceptors (Lipinski definition) is 4. The van der Waals surface area contributed by atoms with Gasteiger partial charge in [-0.3, -0.25) is 4.79 Å². The summed E-state index contributed by atoms with van der Waals surface area (Å²) in [5, 5.41) is 2.05. The van der Waals surface area contributed by atoms with Crippen molar-refractivity contribution in [2.45, 2.75) is 24.1 Å². The number of ketones is 1. The third kappa shape index (κ3) is 4.75. The van der Waals surface area contributed by atoms with Gasteiger partial charge in [0.25, 0.3) is 0 Å². The van der Waals surface area contributed by atoms with Crippen LogP contribution in [0.15, 0.2) is 38.5 Å². The highest BCUT2D eigenvalue weighted by atomic mass is 79.9. The van der Waals surface area contributed by atoms with Crippen LogP contribution in [-0.4, -0.2) is 16.5 Å². The average molecular weight is 356 g/mol. The van der Waals surface area contributed by atoms with Crippen molar-refractivity contribution in [2.24, 2.45) is 0 Å². The molecule has 2 aromatic rings. The molecule has 0 aliphatic heterocycles. The van der Waals surface area contributed by atoms with E-state index in [1.54, 1.807) is 23.1 Å². The lowest BCUT2D eigenvalue weighted by Crippen LogP contribution is -1.99. The number of benzene rings is 1. The number of aryl methyl sites for hydroxylation is 1. The molecule has 0 bridgehead atoms. The smallest absolute Gasteiger partial charge is 0.162 e. The van der Waals surface area contributed by atoms with Crippen LogP contribution in [0.25, 0.3) is 0 Å². The second-order valence-electron chi connectivity index (χ2n) is 4.14. The summed E-state index contributed by atoms with van der Waals surface area (Å²) >= 11 is 6.76. The average Bonchev–Trinajstić information content (AvgIpc) is 2.81. The van der Waals surface area contributed by atoms with Crippen LogP contribution in [0.2, 0.25) is 0 Å². The highest BCUT2D eigenvalue weighted by Crippen LogP contribution is 2.23. The van der Waals surface area contributed by atoms with Gasteiger partial charge in [-0.2, -0.15) is 0 Å². The lowest BCUT2D eigenvalue weighted by atomic mass is 10.1. The van der Waals surface area contributed by atoms with E-state index in [4.69, 9.17) is 0 Å². The third-order valence-corrected chi connectivity index (χ3v) is 5.29. The third-order valence-electron chi connectivity index (χ3n) is 2.54. The summed E-state index contributed by atoms with van der Waals surface area (Å²) in [5.74, 6) is 1.15. The van der Waals surface area contributed by atoms with E-state index >= 15 is 0 Å². The van der Waals surface area contributed by atoms with Crippen molar-refractivity contribution < 1.29 is 4.79 Å². The van der Waals surface area contributed by atoms with Crippen LogP contribution in [0.1, 0.15) is 28.9 Å². The second-order valence-corrected chi connectivity index (χ2v) is 7.25. The van der Waals surface area contributed by atoms with E-state index in [-0.39, 0.29) is 5.78 Å². The molecule has 0 unspecified atom stereocenters. The molecule has 2 nitrogen and oxygen atoms in total. The first-order valence-corrected chi connectivity index (χ1v) is 8.64. The zero-order valence-electron chi connectivity index (χ0n) is 10.6. The molecule has 0 fully saturated rings. The first-order valence-electron chi connectivity index (χ1n) is 5.99. The van der Waals surface area contributed by atoms with E-state index in [9.17, 15) is 4.79 Å². The molecule has 1 aromatic carbocycles. The van der Waals surface area contributed by atoms with Gasteiger partial charge in [0.2, 0.25) is 0 Å².